The molecule has 0 saturated carbocycles. The maximum atomic E-state index is 12.6. The van der Waals surface area contributed by atoms with Crippen LogP contribution in [0, 0.1) is 11.3 Å². The third kappa shape index (κ3) is 2.86. The molecule has 0 aromatic rings. The Labute approximate surface area is 123 Å². The van der Waals surface area contributed by atoms with Crippen LogP contribution in [-0.4, -0.2) is 74.0 Å². The zero-order valence-corrected chi connectivity index (χ0v) is 13.1. The fourth-order valence-corrected chi connectivity index (χ4v) is 4.28. The summed E-state index contributed by atoms with van der Waals surface area (Å²) in [6, 6.07) is 0. The first-order valence-corrected chi connectivity index (χ1v) is 8.24. The van der Waals surface area contributed by atoms with Gasteiger partial charge in [-0.1, -0.05) is 0 Å². The van der Waals surface area contributed by atoms with Crippen molar-refractivity contribution in [3.63, 3.8) is 0 Å². The van der Waals surface area contributed by atoms with Crippen LogP contribution in [0.25, 0.3) is 0 Å². The Bertz CT molecular complexity index is 355. The number of carbonyl (C=O) groups is 1. The van der Waals surface area contributed by atoms with Crippen molar-refractivity contribution >= 4 is 5.91 Å². The smallest absolute Gasteiger partial charge is 0.225 e. The van der Waals surface area contributed by atoms with Crippen LogP contribution in [0.3, 0.4) is 0 Å². The quantitative estimate of drug-likeness (QED) is 0.723. The van der Waals surface area contributed by atoms with Crippen LogP contribution in [0.1, 0.15) is 32.1 Å². The summed E-state index contributed by atoms with van der Waals surface area (Å²) in [6.45, 7) is 6.64. The van der Waals surface area contributed by atoms with E-state index in [1.165, 1.54) is 32.4 Å². The van der Waals surface area contributed by atoms with Gasteiger partial charge in [0.1, 0.15) is 0 Å². The van der Waals surface area contributed by atoms with E-state index < -0.39 is 0 Å². The van der Waals surface area contributed by atoms with Crippen LogP contribution in [0.5, 0.6) is 0 Å². The summed E-state index contributed by atoms with van der Waals surface area (Å²) in [5, 5.41) is 0. The van der Waals surface area contributed by atoms with Crippen molar-refractivity contribution in [2.75, 3.05) is 53.4 Å². The molecule has 3 fully saturated rings. The number of nitrogens with zero attached hydrogens (tertiary/aromatic N) is 3. The van der Waals surface area contributed by atoms with E-state index in [1.54, 1.807) is 0 Å². The lowest BCUT2D eigenvalue weighted by molar-refractivity contribution is -0.139. The first kappa shape index (κ1) is 14.3. The summed E-state index contributed by atoms with van der Waals surface area (Å²) in [6.07, 6.45) is 5.88. The lowest BCUT2D eigenvalue weighted by atomic mass is 9.77. The minimum atomic E-state index is 0.298. The second kappa shape index (κ2) is 5.64. The normalized spacial score (nSPS) is 29.2. The third-order valence-electron chi connectivity index (χ3n) is 5.83. The van der Waals surface area contributed by atoms with Crippen molar-refractivity contribution in [2.24, 2.45) is 11.3 Å². The van der Waals surface area contributed by atoms with Crippen LogP contribution in [-0.2, 0) is 4.79 Å². The molecule has 0 radical (unpaired) electrons. The minimum Gasteiger partial charge on any atom is -0.342 e. The second-order valence-electron chi connectivity index (χ2n) is 7.39. The monoisotopic (exact) mass is 279 g/mol. The molecule has 114 valence electrons. The second-order valence-corrected chi connectivity index (χ2v) is 7.39. The van der Waals surface area contributed by atoms with Gasteiger partial charge in [0.15, 0.2) is 0 Å². The number of rotatable bonds is 1. The van der Waals surface area contributed by atoms with Gasteiger partial charge in [-0.05, 0) is 71.2 Å². The molecule has 20 heavy (non-hydrogen) atoms. The molecular formula is C16H29N3O. The van der Waals surface area contributed by atoms with Gasteiger partial charge < -0.3 is 14.7 Å². The molecule has 3 rings (SSSR count). The molecule has 4 heteroatoms. The van der Waals surface area contributed by atoms with Gasteiger partial charge in [-0.3, -0.25) is 4.79 Å². The summed E-state index contributed by atoms with van der Waals surface area (Å²) < 4.78 is 0. The Morgan fingerprint density at radius 2 is 1.50 bits per heavy atom. The number of hydrogen-bond acceptors (Lipinski definition) is 3. The lowest BCUT2D eigenvalue weighted by Gasteiger charge is -2.41. The molecule has 4 nitrogen and oxygen atoms in total. The Hall–Kier alpha value is -0.610. The van der Waals surface area contributed by atoms with E-state index in [2.05, 4.69) is 28.8 Å². The molecule has 0 atom stereocenters. The number of amides is 1. The van der Waals surface area contributed by atoms with Crippen molar-refractivity contribution < 1.29 is 4.79 Å². The third-order valence-corrected chi connectivity index (χ3v) is 5.83. The number of carbonyl (C=O) groups excluding carboxylic acids is 1. The summed E-state index contributed by atoms with van der Waals surface area (Å²) in [7, 11) is 4.38. The summed E-state index contributed by atoms with van der Waals surface area (Å²) in [4.78, 5) is 19.6. The molecule has 3 aliphatic heterocycles. The molecule has 0 aromatic carbocycles. The van der Waals surface area contributed by atoms with Crippen molar-refractivity contribution in [3.8, 4) is 0 Å². The molecule has 3 saturated heterocycles. The largest absolute Gasteiger partial charge is 0.342 e. The van der Waals surface area contributed by atoms with E-state index in [4.69, 9.17) is 0 Å². The fraction of sp³-hybridized carbons (Fsp3) is 0.938. The zero-order valence-electron chi connectivity index (χ0n) is 13.1. The van der Waals surface area contributed by atoms with Crippen molar-refractivity contribution in [3.05, 3.63) is 0 Å². The van der Waals surface area contributed by atoms with Crippen molar-refractivity contribution in [2.45, 2.75) is 32.1 Å². The molecule has 0 aliphatic carbocycles. The maximum absolute atomic E-state index is 12.6. The molecule has 0 N–H and O–H groups in total. The zero-order chi connectivity index (χ0) is 14.2. The Morgan fingerprint density at radius 3 is 2.05 bits per heavy atom. The molecule has 3 aliphatic rings. The first-order chi connectivity index (χ1) is 9.58. The summed E-state index contributed by atoms with van der Waals surface area (Å²) >= 11 is 0. The standard InChI is InChI=1S/C16H29N3O/c1-17-8-3-14(4-9-17)15(20)19-11-6-16(7-12-19)5-10-18(2)13-16/h14H,3-13H2,1-2H3. The predicted molar refractivity (Wildman–Crippen MR) is 80.6 cm³/mol. The molecule has 0 aromatic heterocycles. The molecular weight excluding hydrogens is 250 g/mol. The lowest BCUT2D eigenvalue weighted by Crippen LogP contribution is -2.47. The van der Waals surface area contributed by atoms with Crippen molar-refractivity contribution in [1.29, 1.82) is 0 Å². The Kier molecular flexibility index (Phi) is 4.04. The minimum absolute atomic E-state index is 0.298. The molecule has 3 heterocycles. The van der Waals surface area contributed by atoms with Crippen LogP contribution in [0.2, 0.25) is 0 Å². The molecule has 1 amide bonds. The first-order valence-electron chi connectivity index (χ1n) is 8.24. The number of piperidine rings is 2. The fourth-order valence-electron chi connectivity index (χ4n) is 4.28. The molecule has 1 spiro atoms. The summed E-state index contributed by atoms with van der Waals surface area (Å²) in [5.41, 5.74) is 0.526. The van der Waals surface area contributed by atoms with Gasteiger partial charge >= 0.3 is 0 Å². The van der Waals surface area contributed by atoms with E-state index in [0.29, 0.717) is 17.2 Å². The van der Waals surface area contributed by atoms with E-state index >= 15 is 0 Å². The number of likely N-dealkylation sites (tertiary alicyclic amines) is 3. The van der Waals surface area contributed by atoms with Gasteiger partial charge in [0.05, 0.1) is 0 Å². The van der Waals surface area contributed by atoms with Crippen LogP contribution < -0.4 is 0 Å². The van der Waals surface area contributed by atoms with E-state index in [1.807, 2.05) is 0 Å². The van der Waals surface area contributed by atoms with Crippen LogP contribution in [0.15, 0.2) is 0 Å². The maximum Gasteiger partial charge on any atom is 0.225 e. The van der Waals surface area contributed by atoms with Crippen LogP contribution >= 0.6 is 0 Å². The van der Waals surface area contributed by atoms with Gasteiger partial charge in [0.25, 0.3) is 0 Å². The van der Waals surface area contributed by atoms with Crippen molar-refractivity contribution in [1.82, 2.24) is 14.7 Å². The highest BCUT2D eigenvalue weighted by molar-refractivity contribution is 5.79. The Balaban J connectivity index is 1.51. The summed E-state index contributed by atoms with van der Waals surface area (Å²) in [5.74, 6) is 0.741. The van der Waals surface area contributed by atoms with Gasteiger partial charge in [0, 0.05) is 25.6 Å². The van der Waals surface area contributed by atoms with Gasteiger partial charge in [-0.2, -0.15) is 0 Å². The SMILES string of the molecule is CN1CCC(C(=O)N2CCC3(CCN(C)C3)CC2)CC1. The van der Waals surface area contributed by atoms with E-state index in [9.17, 15) is 4.79 Å². The average Bonchev–Trinajstić information content (AvgIpc) is 2.81. The number of hydrogen-bond donors (Lipinski definition) is 0. The van der Waals surface area contributed by atoms with Gasteiger partial charge in [-0.15, -0.1) is 0 Å². The topological polar surface area (TPSA) is 26.8 Å². The highest BCUT2D eigenvalue weighted by Gasteiger charge is 2.41. The predicted octanol–water partition coefficient (Wildman–Crippen LogP) is 1.27. The van der Waals surface area contributed by atoms with E-state index in [-0.39, 0.29) is 0 Å². The highest BCUT2D eigenvalue weighted by atomic mass is 16.2. The molecule has 0 unspecified atom stereocenters. The molecule has 0 bridgehead atoms. The van der Waals surface area contributed by atoms with Gasteiger partial charge in [-0.25, -0.2) is 0 Å². The van der Waals surface area contributed by atoms with E-state index in [0.717, 1.165) is 39.0 Å². The average molecular weight is 279 g/mol. The Morgan fingerprint density at radius 1 is 0.900 bits per heavy atom. The highest BCUT2D eigenvalue weighted by Crippen LogP contribution is 2.40. The van der Waals surface area contributed by atoms with Crippen LogP contribution in [0.4, 0.5) is 0 Å². The van der Waals surface area contributed by atoms with Gasteiger partial charge in [0.2, 0.25) is 5.91 Å².